The van der Waals surface area contributed by atoms with E-state index in [1.54, 1.807) is 0 Å². The lowest BCUT2D eigenvalue weighted by molar-refractivity contribution is -0.137. The molecule has 0 rings (SSSR count). The third-order valence-corrected chi connectivity index (χ3v) is 5.20. The van der Waals surface area contributed by atoms with Gasteiger partial charge in [0.25, 0.3) is 6.47 Å². The summed E-state index contributed by atoms with van der Waals surface area (Å²) in [4.78, 5) is 20.4. The number of carbonyl (C=O) groups excluding carboxylic acids is 1. The summed E-state index contributed by atoms with van der Waals surface area (Å²) in [7, 11) is 0. The van der Waals surface area contributed by atoms with E-state index in [2.05, 4.69) is 53.3 Å². The Labute approximate surface area is 196 Å². The van der Waals surface area contributed by atoms with E-state index < -0.39 is 5.97 Å². The van der Waals surface area contributed by atoms with Gasteiger partial charge in [0.1, 0.15) is 0 Å². The van der Waals surface area contributed by atoms with E-state index in [9.17, 15) is 9.59 Å². The number of allylic oxidation sites excluding steroid dienone is 8. The minimum Gasteiger partial charge on any atom is -0.481 e. The van der Waals surface area contributed by atoms with Crippen LogP contribution in [0.1, 0.15) is 109 Å². The second-order valence-electron chi connectivity index (χ2n) is 8.17. The topological polar surface area (TPSA) is 63.6 Å². The maximum absolute atomic E-state index is 10.4. The lowest BCUT2D eigenvalue weighted by Gasteiger charge is -2.01. The van der Waals surface area contributed by atoms with Crippen LogP contribution in [0.2, 0.25) is 0 Å². The van der Waals surface area contributed by atoms with Gasteiger partial charge in [0.05, 0.1) is 6.61 Å². The minimum atomic E-state index is -0.671. The smallest absolute Gasteiger partial charge is 0.303 e. The van der Waals surface area contributed by atoms with Crippen molar-refractivity contribution in [2.45, 2.75) is 109 Å². The van der Waals surface area contributed by atoms with Crippen LogP contribution in [0.3, 0.4) is 0 Å². The summed E-state index contributed by atoms with van der Waals surface area (Å²) >= 11 is 0. The van der Waals surface area contributed by atoms with Crippen LogP contribution >= 0.6 is 0 Å². The van der Waals surface area contributed by atoms with E-state index >= 15 is 0 Å². The molecule has 0 radical (unpaired) electrons. The largest absolute Gasteiger partial charge is 0.481 e. The van der Waals surface area contributed by atoms with Gasteiger partial charge in [0.2, 0.25) is 0 Å². The van der Waals surface area contributed by atoms with Crippen LogP contribution in [0.5, 0.6) is 0 Å². The molecule has 0 saturated heterocycles. The fourth-order valence-electron chi connectivity index (χ4n) is 3.32. The first-order valence-corrected chi connectivity index (χ1v) is 12.6. The fraction of sp³-hybridized carbons (Fsp3) is 0.643. The maximum atomic E-state index is 10.4. The van der Waals surface area contributed by atoms with Gasteiger partial charge in [-0.25, -0.2) is 0 Å². The van der Waals surface area contributed by atoms with Gasteiger partial charge in [-0.15, -0.1) is 0 Å². The fourth-order valence-corrected chi connectivity index (χ4v) is 3.32. The summed E-state index contributed by atoms with van der Waals surface area (Å²) in [5, 5.41) is 8.59. The predicted octanol–water partition coefficient (Wildman–Crippen LogP) is 8.10. The zero-order valence-corrected chi connectivity index (χ0v) is 20.1. The minimum absolute atomic E-state index is 0.322. The molecule has 0 aromatic rings. The Morgan fingerprint density at radius 3 is 1.44 bits per heavy atom. The molecule has 0 aromatic heterocycles. The molecule has 0 aliphatic heterocycles. The summed E-state index contributed by atoms with van der Waals surface area (Å²) in [5.41, 5.74) is 0. The molecule has 0 aliphatic rings. The maximum Gasteiger partial charge on any atom is 0.303 e. The Kier molecular flexibility index (Phi) is 25.2. The Bertz CT molecular complexity index is 532. The summed E-state index contributed by atoms with van der Waals surface area (Å²) in [5.74, 6) is -0.671. The first-order chi connectivity index (χ1) is 15.8. The van der Waals surface area contributed by atoms with E-state index in [4.69, 9.17) is 5.11 Å². The number of unbranched alkanes of at least 4 members (excludes halogenated alkanes) is 11. The number of rotatable bonds is 24. The van der Waals surface area contributed by atoms with E-state index in [0.717, 1.165) is 51.4 Å². The van der Waals surface area contributed by atoms with Crippen molar-refractivity contribution in [1.29, 1.82) is 0 Å². The van der Waals surface area contributed by atoms with E-state index in [-0.39, 0.29) is 0 Å². The van der Waals surface area contributed by atoms with Crippen molar-refractivity contribution in [3.63, 3.8) is 0 Å². The number of carboxylic acid groups (broad SMARTS) is 1. The molecule has 0 heterocycles. The highest BCUT2D eigenvalue weighted by Gasteiger charge is 1.96. The molecule has 0 spiro atoms. The molecule has 0 atom stereocenters. The van der Waals surface area contributed by atoms with E-state index in [0.29, 0.717) is 19.5 Å². The quantitative estimate of drug-likeness (QED) is 0.0924. The average Bonchev–Trinajstić information content (AvgIpc) is 2.78. The third kappa shape index (κ3) is 27.9. The molecule has 4 heteroatoms. The third-order valence-electron chi connectivity index (χ3n) is 5.20. The van der Waals surface area contributed by atoms with Gasteiger partial charge < -0.3 is 9.84 Å². The van der Waals surface area contributed by atoms with Crippen LogP contribution in [0.4, 0.5) is 0 Å². The van der Waals surface area contributed by atoms with Crippen molar-refractivity contribution in [1.82, 2.24) is 0 Å². The van der Waals surface area contributed by atoms with Gasteiger partial charge in [-0.3, -0.25) is 9.59 Å². The van der Waals surface area contributed by atoms with Crippen molar-refractivity contribution in [2.75, 3.05) is 6.61 Å². The van der Waals surface area contributed by atoms with Gasteiger partial charge >= 0.3 is 5.97 Å². The molecule has 0 fully saturated rings. The SMILES string of the molecule is O=COCCCCC=CCC=CCC=CCC=CCCCCCCCCCCCC(=O)O. The van der Waals surface area contributed by atoms with Gasteiger partial charge in [-0.2, -0.15) is 0 Å². The molecular formula is C28H46O4. The predicted molar refractivity (Wildman–Crippen MR) is 135 cm³/mol. The van der Waals surface area contributed by atoms with E-state index in [1.807, 2.05) is 0 Å². The highest BCUT2D eigenvalue weighted by Crippen LogP contribution is 2.11. The van der Waals surface area contributed by atoms with Crippen LogP contribution < -0.4 is 0 Å². The second-order valence-corrected chi connectivity index (χ2v) is 8.17. The van der Waals surface area contributed by atoms with Gasteiger partial charge in [-0.1, -0.05) is 93.6 Å². The van der Waals surface area contributed by atoms with Crippen LogP contribution in [0, 0.1) is 0 Å². The second kappa shape index (κ2) is 26.9. The molecule has 32 heavy (non-hydrogen) atoms. The summed E-state index contributed by atoms with van der Waals surface area (Å²) in [6.45, 7) is 1.04. The Hall–Kier alpha value is -2.10. The van der Waals surface area contributed by atoms with E-state index in [1.165, 1.54) is 51.4 Å². The Morgan fingerprint density at radius 2 is 0.969 bits per heavy atom. The summed E-state index contributed by atoms with van der Waals surface area (Å²) < 4.78 is 4.65. The number of aliphatic carboxylic acids is 1. The van der Waals surface area contributed by atoms with Crippen molar-refractivity contribution >= 4 is 12.4 Å². The van der Waals surface area contributed by atoms with Gasteiger partial charge in [0, 0.05) is 6.42 Å². The van der Waals surface area contributed by atoms with Crippen molar-refractivity contribution in [2.24, 2.45) is 0 Å². The van der Waals surface area contributed by atoms with Crippen LogP contribution in [-0.2, 0) is 14.3 Å². The average molecular weight is 447 g/mol. The number of carboxylic acids is 1. The van der Waals surface area contributed by atoms with Crippen LogP contribution in [-0.4, -0.2) is 24.2 Å². The summed E-state index contributed by atoms with van der Waals surface area (Å²) in [6, 6.07) is 0. The monoisotopic (exact) mass is 446 g/mol. The first kappa shape index (κ1) is 29.9. The highest BCUT2D eigenvalue weighted by atomic mass is 16.5. The zero-order valence-electron chi connectivity index (χ0n) is 20.1. The molecule has 4 nitrogen and oxygen atoms in total. The molecule has 0 unspecified atom stereocenters. The number of carbonyl (C=O) groups is 2. The number of hydrogen-bond acceptors (Lipinski definition) is 3. The normalized spacial score (nSPS) is 12.0. The van der Waals surface area contributed by atoms with Crippen LogP contribution in [0.25, 0.3) is 0 Å². The zero-order chi connectivity index (χ0) is 23.4. The lowest BCUT2D eigenvalue weighted by atomic mass is 10.1. The standard InChI is InChI=1S/C28H46O4/c29-27-32-26-24-22-20-18-16-14-12-10-8-6-4-2-1-3-5-7-9-11-13-15-17-19-21-23-25-28(30)31/h1,3-4,6,10,12,16,18,27H,2,5,7-9,11,13-15,17,19-26H2,(H,30,31). The van der Waals surface area contributed by atoms with Crippen molar-refractivity contribution in [3.8, 4) is 0 Å². The molecule has 0 bridgehead atoms. The molecule has 0 aliphatic carbocycles. The number of hydrogen-bond donors (Lipinski definition) is 1. The molecule has 0 aromatic carbocycles. The molecular weight excluding hydrogens is 400 g/mol. The molecule has 182 valence electrons. The highest BCUT2D eigenvalue weighted by molar-refractivity contribution is 5.66. The molecule has 0 amide bonds. The van der Waals surface area contributed by atoms with Crippen LogP contribution in [0.15, 0.2) is 48.6 Å². The Balaban J connectivity index is 3.31. The molecule has 1 N–H and O–H groups in total. The van der Waals surface area contributed by atoms with Crippen molar-refractivity contribution < 1.29 is 19.4 Å². The first-order valence-electron chi connectivity index (χ1n) is 12.6. The lowest BCUT2D eigenvalue weighted by Crippen LogP contribution is -1.93. The summed E-state index contributed by atoms with van der Waals surface area (Å²) in [6.07, 6.45) is 36.2. The number of ether oxygens (including phenoxy) is 1. The molecule has 0 saturated carbocycles. The van der Waals surface area contributed by atoms with Gasteiger partial charge in [-0.05, 0) is 57.8 Å². The van der Waals surface area contributed by atoms with Crippen molar-refractivity contribution in [3.05, 3.63) is 48.6 Å². The van der Waals surface area contributed by atoms with Gasteiger partial charge in [0.15, 0.2) is 0 Å². The Morgan fingerprint density at radius 1 is 0.562 bits per heavy atom.